The number of methoxy groups -OCH3 is 1. The first-order valence-electron chi connectivity index (χ1n) is 8.05. The van der Waals surface area contributed by atoms with Crippen molar-refractivity contribution in [3.05, 3.63) is 53.2 Å². The van der Waals surface area contributed by atoms with Gasteiger partial charge in [0.25, 0.3) is 0 Å². The first-order valence-corrected chi connectivity index (χ1v) is 8.05. The van der Waals surface area contributed by atoms with Gasteiger partial charge in [-0.05, 0) is 30.7 Å². The maximum absolute atomic E-state index is 13.2. The summed E-state index contributed by atoms with van der Waals surface area (Å²) in [5.74, 6) is 0.201. The second kappa shape index (κ2) is 6.82. The molecule has 7 nitrogen and oxygen atoms in total. The Labute approximate surface area is 154 Å². The fraction of sp³-hybridized carbons (Fsp3) is 0.278. The smallest absolute Gasteiger partial charge is 0.387 e. The summed E-state index contributed by atoms with van der Waals surface area (Å²) in [6, 6.07) is 7.85. The highest BCUT2D eigenvalue weighted by Gasteiger charge is 2.54. The lowest BCUT2D eigenvalue weighted by molar-refractivity contribution is -0.525. The van der Waals surface area contributed by atoms with Gasteiger partial charge in [-0.15, -0.1) is 0 Å². The molecule has 0 saturated carbocycles. The number of aromatic nitrogens is 1. The number of likely N-dealkylation sites (N-methyl/N-ethyl adjacent to an activating group) is 1. The molecule has 0 bridgehead atoms. The summed E-state index contributed by atoms with van der Waals surface area (Å²) >= 11 is 0. The van der Waals surface area contributed by atoms with E-state index in [-0.39, 0.29) is 17.6 Å². The Balaban J connectivity index is 2.20. The first kappa shape index (κ1) is 18.6. The van der Waals surface area contributed by atoms with Crippen molar-refractivity contribution in [3.8, 4) is 11.6 Å². The quantitative estimate of drug-likeness (QED) is 0.772. The molecule has 2 heterocycles. The van der Waals surface area contributed by atoms with Crippen LogP contribution in [0.4, 0.5) is 8.78 Å². The van der Waals surface area contributed by atoms with Crippen LogP contribution in [0.3, 0.4) is 0 Å². The number of nitrogens with zero attached hydrogens (tertiary/aromatic N) is 2. The molecule has 27 heavy (non-hydrogen) atoms. The van der Waals surface area contributed by atoms with E-state index < -0.39 is 12.2 Å². The number of halogens is 2. The van der Waals surface area contributed by atoms with E-state index in [0.29, 0.717) is 22.6 Å². The van der Waals surface area contributed by atoms with E-state index in [1.165, 1.54) is 24.3 Å². The van der Waals surface area contributed by atoms with Crippen molar-refractivity contribution in [1.82, 2.24) is 9.88 Å². The van der Waals surface area contributed by atoms with Crippen molar-refractivity contribution < 1.29 is 28.0 Å². The van der Waals surface area contributed by atoms with E-state index in [9.17, 15) is 13.6 Å². The topological polar surface area (TPSA) is 91.7 Å². The standard InChI is InChI=1S/C18H18F2N4O3/c1-10-8-11(4-5-13(10)27-16(19)20)18(15(25)24(2)17(21)23-18)12-6-7-22-14(9-12)26-3/h4-9,16H,1-3H3,(H2,21,23)/p+1. The number of benzene rings is 1. The maximum atomic E-state index is 13.2. The summed E-state index contributed by atoms with van der Waals surface area (Å²) in [7, 11) is 3.02. The predicted octanol–water partition coefficient (Wildman–Crippen LogP) is 0.111. The van der Waals surface area contributed by atoms with Gasteiger partial charge in [0.05, 0.1) is 14.2 Å². The van der Waals surface area contributed by atoms with Crippen LogP contribution < -0.4 is 20.2 Å². The highest BCUT2D eigenvalue weighted by molar-refractivity contribution is 6.03. The molecule has 0 saturated heterocycles. The van der Waals surface area contributed by atoms with Crippen molar-refractivity contribution in [2.45, 2.75) is 19.1 Å². The monoisotopic (exact) mass is 377 g/mol. The van der Waals surface area contributed by atoms with Crippen LogP contribution in [0.25, 0.3) is 0 Å². The molecule has 0 radical (unpaired) electrons. The van der Waals surface area contributed by atoms with Crippen LogP contribution in [-0.4, -0.2) is 42.5 Å². The Morgan fingerprint density at radius 2 is 1.96 bits per heavy atom. The fourth-order valence-corrected chi connectivity index (χ4v) is 3.11. The zero-order valence-electron chi connectivity index (χ0n) is 15.0. The lowest BCUT2D eigenvalue weighted by Gasteiger charge is -2.24. The Hall–Kier alpha value is -3.23. The molecule has 0 fully saturated rings. The normalized spacial score (nSPS) is 19.4. The summed E-state index contributed by atoms with van der Waals surface area (Å²) in [5, 5.41) is 0. The zero-order valence-corrected chi connectivity index (χ0v) is 15.0. The predicted molar refractivity (Wildman–Crippen MR) is 92.3 cm³/mol. The van der Waals surface area contributed by atoms with Crippen molar-refractivity contribution in [3.63, 3.8) is 0 Å². The molecule has 0 aliphatic carbocycles. The van der Waals surface area contributed by atoms with Gasteiger partial charge in [-0.25, -0.2) is 9.88 Å². The van der Waals surface area contributed by atoms with Gasteiger partial charge in [0, 0.05) is 23.4 Å². The van der Waals surface area contributed by atoms with Crippen molar-refractivity contribution in [1.29, 1.82) is 0 Å². The third-order valence-corrected chi connectivity index (χ3v) is 4.50. The van der Waals surface area contributed by atoms with Crippen LogP contribution in [-0.2, 0) is 10.3 Å². The number of carbonyl (C=O) groups is 1. The van der Waals surface area contributed by atoms with Crippen LogP contribution in [0.15, 0.2) is 36.5 Å². The number of carbonyl (C=O) groups excluding carboxylic acids is 1. The SMILES string of the molecule is COc1cc(C2(c3ccc(OC(F)F)c(C)c3)[NH+]=C(N)N(C)C2=O)ccn1. The van der Waals surface area contributed by atoms with Crippen LogP contribution in [0.5, 0.6) is 11.6 Å². The Morgan fingerprint density at radius 1 is 1.26 bits per heavy atom. The second-order valence-electron chi connectivity index (χ2n) is 6.07. The van der Waals surface area contributed by atoms with Crippen LogP contribution in [0.2, 0.25) is 0 Å². The van der Waals surface area contributed by atoms with E-state index >= 15 is 0 Å². The van der Waals surface area contributed by atoms with E-state index in [2.05, 4.69) is 14.7 Å². The van der Waals surface area contributed by atoms with Gasteiger partial charge in [-0.2, -0.15) is 8.78 Å². The number of guanidine groups is 1. The molecule has 1 aromatic carbocycles. The molecule has 0 spiro atoms. The number of amides is 1. The average Bonchev–Trinajstić information content (AvgIpc) is 2.88. The van der Waals surface area contributed by atoms with Crippen LogP contribution in [0.1, 0.15) is 16.7 Å². The molecule has 1 aliphatic heterocycles. The molecular formula is C18H19F2N4O3+. The number of rotatable bonds is 5. The zero-order chi connectivity index (χ0) is 19.8. The lowest BCUT2D eigenvalue weighted by atomic mass is 9.82. The van der Waals surface area contributed by atoms with Gasteiger partial charge in [-0.1, -0.05) is 6.07 Å². The number of pyridine rings is 1. The second-order valence-corrected chi connectivity index (χ2v) is 6.07. The summed E-state index contributed by atoms with van der Waals surface area (Å²) in [4.78, 5) is 21.6. The summed E-state index contributed by atoms with van der Waals surface area (Å²) in [6.07, 6.45) is 1.51. The number of ether oxygens (including phenoxy) is 2. The summed E-state index contributed by atoms with van der Waals surface area (Å²) < 4.78 is 34.8. The minimum Gasteiger partial charge on any atom is -0.481 e. The van der Waals surface area contributed by atoms with Crippen molar-refractivity contribution in [2.24, 2.45) is 5.73 Å². The Kier molecular flexibility index (Phi) is 4.69. The number of hydrogen-bond donors (Lipinski definition) is 2. The first-order chi connectivity index (χ1) is 12.8. The average molecular weight is 377 g/mol. The van der Waals surface area contributed by atoms with E-state index in [1.54, 1.807) is 38.2 Å². The van der Waals surface area contributed by atoms with Crippen molar-refractivity contribution in [2.75, 3.05) is 14.2 Å². The molecule has 142 valence electrons. The van der Waals surface area contributed by atoms with Gasteiger partial charge < -0.3 is 9.47 Å². The number of hydrogen-bond acceptors (Lipinski definition) is 5. The van der Waals surface area contributed by atoms with Gasteiger partial charge in [0.1, 0.15) is 5.75 Å². The molecule has 3 N–H and O–H groups in total. The minimum absolute atomic E-state index is 0.0342. The molecule has 1 atom stereocenters. The third kappa shape index (κ3) is 3.05. The van der Waals surface area contributed by atoms with E-state index in [4.69, 9.17) is 10.5 Å². The molecule has 1 aromatic heterocycles. The minimum atomic E-state index is -2.94. The van der Waals surface area contributed by atoms with Gasteiger partial charge >= 0.3 is 18.5 Å². The van der Waals surface area contributed by atoms with Gasteiger partial charge in [0.2, 0.25) is 11.4 Å². The molecule has 2 aromatic rings. The molecule has 3 rings (SSSR count). The van der Waals surface area contributed by atoms with Gasteiger partial charge in [-0.3, -0.25) is 15.5 Å². The highest BCUT2D eigenvalue weighted by atomic mass is 19.3. The van der Waals surface area contributed by atoms with Crippen molar-refractivity contribution >= 4 is 11.9 Å². The Bertz CT molecular complexity index is 919. The largest absolute Gasteiger partial charge is 0.481 e. The number of alkyl halides is 2. The number of nitrogens with two attached hydrogens (primary N) is 1. The molecule has 1 aliphatic rings. The molecular weight excluding hydrogens is 358 g/mol. The van der Waals surface area contributed by atoms with Crippen LogP contribution in [0, 0.1) is 6.92 Å². The maximum Gasteiger partial charge on any atom is 0.387 e. The number of nitrogens with one attached hydrogen (secondary N) is 1. The molecule has 9 heteroatoms. The Morgan fingerprint density at radius 3 is 2.52 bits per heavy atom. The van der Waals surface area contributed by atoms with E-state index in [1.807, 2.05) is 0 Å². The molecule has 1 amide bonds. The summed E-state index contributed by atoms with van der Waals surface area (Å²) in [6.45, 7) is -1.31. The number of aryl methyl sites for hydroxylation is 1. The third-order valence-electron chi connectivity index (χ3n) is 4.50. The van der Waals surface area contributed by atoms with Crippen LogP contribution >= 0.6 is 0 Å². The highest BCUT2D eigenvalue weighted by Crippen LogP contribution is 2.33. The van der Waals surface area contributed by atoms with E-state index in [0.717, 1.165) is 0 Å². The summed E-state index contributed by atoms with van der Waals surface area (Å²) in [5.41, 5.74) is 6.14. The lowest BCUT2D eigenvalue weighted by Crippen LogP contribution is -2.85. The molecule has 1 unspecified atom stereocenters. The fourth-order valence-electron chi connectivity index (χ4n) is 3.11. The van der Waals surface area contributed by atoms with Gasteiger partial charge in [0.15, 0.2) is 0 Å².